The molecule has 0 heterocycles. The maximum atomic E-state index is 5.88. The van der Waals surface area contributed by atoms with Gasteiger partial charge < -0.3 is 10.5 Å². The van der Waals surface area contributed by atoms with E-state index in [-0.39, 0.29) is 5.41 Å². The number of nitrogens with two attached hydrogens (primary N) is 1. The molecule has 0 saturated heterocycles. The molecule has 0 unspecified atom stereocenters. The smallest absolute Gasteiger partial charge is 0.125 e. The van der Waals surface area contributed by atoms with E-state index in [1.54, 1.807) is 0 Å². The Morgan fingerprint density at radius 2 is 1.93 bits per heavy atom. The van der Waals surface area contributed by atoms with Crippen LogP contribution >= 0.6 is 0 Å². The first-order valence-electron chi connectivity index (χ1n) is 5.53. The minimum absolute atomic E-state index is 0.109. The largest absolute Gasteiger partial charge is 0.490 e. The van der Waals surface area contributed by atoms with Crippen LogP contribution in [0.3, 0.4) is 0 Å². The predicted molar refractivity (Wildman–Crippen MR) is 63.2 cm³/mol. The van der Waals surface area contributed by atoms with Crippen molar-refractivity contribution in [1.82, 2.24) is 0 Å². The van der Waals surface area contributed by atoms with Crippen molar-refractivity contribution >= 4 is 5.69 Å². The highest BCUT2D eigenvalue weighted by Gasteiger charge is 2.27. The molecule has 1 aromatic carbocycles. The lowest BCUT2D eigenvalue weighted by atomic mass is 9.86. The zero-order chi connectivity index (χ0) is 11.1. The van der Waals surface area contributed by atoms with Crippen LogP contribution in [0, 0.1) is 0 Å². The van der Waals surface area contributed by atoms with Gasteiger partial charge in [-0.05, 0) is 29.9 Å². The van der Waals surface area contributed by atoms with E-state index in [1.807, 2.05) is 12.1 Å². The zero-order valence-corrected chi connectivity index (χ0v) is 9.71. The number of nitrogen functional groups attached to an aromatic ring is 1. The summed E-state index contributed by atoms with van der Waals surface area (Å²) in [4.78, 5) is 0. The number of anilines is 1. The molecule has 1 aliphatic rings. The molecular formula is C13H19NO. The lowest BCUT2D eigenvalue weighted by Crippen LogP contribution is -2.14. The Morgan fingerprint density at radius 3 is 2.47 bits per heavy atom. The van der Waals surface area contributed by atoms with E-state index >= 15 is 0 Å². The molecule has 2 N–H and O–H groups in total. The summed E-state index contributed by atoms with van der Waals surface area (Å²) < 4.78 is 5.88. The van der Waals surface area contributed by atoms with Gasteiger partial charge in [0.25, 0.3) is 0 Å². The number of hydrogen-bond donors (Lipinski definition) is 1. The Bertz CT molecular complexity index is 361. The van der Waals surface area contributed by atoms with Crippen LogP contribution in [0.25, 0.3) is 0 Å². The van der Waals surface area contributed by atoms with E-state index in [1.165, 1.54) is 18.4 Å². The second kappa shape index (κ2) is 3.44. The lowest BCUT2D eigenvalue weighted by Gasteiger charge is -2.23. The van der Waals surface area contributed by atoms with Gasteiger partial charge in [-0.25, -0.2) is 0 Å². The van der Waals surface area contributed by atoms with Crippen LogP contribution in [0.15, 0.2) is 18.2 Å². The molecule has 82 valence electrons. The van der Waals surface area contributed by atoms with Crippen molar-refractivity contribution in [3.8, 4) is 5.75 Å². The van der Waals surface area contributed by atoms with Gasteiger partial charge in [-0.2, -0.15) is 0 Å². The van der Waals surface area contributed by atoms with Crippen LogP contribution in [-0.4, -0.2) is 6.10 Å². The van der Waals surface area contributed by atoms with Gasteiger partial charge in [-0.3, -0.25) is 0 Å². The molecule has 0 aromatic heterocycles. The monoisotopic (exact) mass is 205 g/mol. The van der Waals surface area contributed by atoms with Crippen LogP contribution in [0.4, 0.5) is 5.69 Å². The molecule has 15 heavy (non-hydrogen) atoms. The van der Waals surface area contributed by atoms with Crippen molar-refractivity contribution in [2.75, 3.05) is 5.73 Å². The van der Waals surface area contributed by atoms with Gasteiger partial charge >= 0.3 is 0 Å². The van der Waals surface area contributed by atoms with Gasteiger partial charge in [0.05, 0.1) is 6.10 Å². The molecule has 1 fully saturated rings. The average molecular weight is 205 g/mol. The topological polar surface area (TPSA) is 35.2 Å². The molecule has 0 radical (unpaired) electrons. The van der Waals surface area contributed by atoms with E-state index < -0.39 is 0 Å². The summed E-state index contributed by atoms with van der Waals surface area (Å²) in [5.41, 5.74) is 7.91. The molecule has 2 nitrogen and oxygen atoms in total. The fourth-order valence-electron chi connectivity index (χ4n) is 1.62. The van der Waals surface area contributed by atoms with Crippen molar-refractivity contribution in [1.29, 1.82) is 0 Å². The molecule has 0 aliphatic heterocycles. The van der Waals surface area contributed by atoms with Crippen LogP contribution in [-0.2, 0) is 5.41 Å². The van der Waals surface area contributed by atoms with Crippen molar-refractivity contribution in [3.05, 3.63) is 23.8 Å². The third-order valence-corrected chi connectivity index (χ3v) is 2.63. The molecule has 0 amide bonds. The number of rotatable bonds is 2. The fraction of sp³-hybridized carbons (Fsp3) is 0.538. The van der Waals surface area contributed by atoms with Crippen LogP contribution < -0.4 is 10.5 Å². The standard InChI is InChI=1S/C13H19NO/c1-13(2,3)11-7-4-9(14)8-12(11)15-10-5-6-10/h4,7-8,10H,5-6,14H2,1-3H3. The molecule has 1 aromatic rings. The first-order valence-corrected chi connectivity index (χ1v) is 5.53. The van der Waals surface area contributed by atoms with Crippen LogP contribution in [0.1, 0.15) is 39.2 Å². The highest BCUT2D eigenvalue weighted by Crippen LogP contribution is 2.36. The SMILES string of the molecule is CC(C)(C)c1ccc(N)cc1OC1CC1. The van der Waals surface area contributed by atoms with Gasteiger partial charge in [0, 0.05) is 11.8 Å². The van der Waals surface area contributed by atoms with E-state index in [2.05, 4.69) is 26.8 Å². The fourth-order valence-corrected chi connectivity index (χ4v) is 1.62. The number of benzene rings is 1. The van der Waals surface area contributed by atoms with Crippen LogP contribution in [0.2, 0.25) is 0 Å². The van der Waals surface area contributed by atoms with Gasteiger partial charge in [-0.15, -0.1) is 0 Å². The Balaban J connectivity index is 2.34. The summed E-state index contributed by atoms with van der Waals surface area (Å²) in [6.45, 7) is 6.58. The Hall–Kier alpha value is -1.18. The minimum Gasteiger partial charge on any atom is -0.490 e. The first kappa shape index (κ1) is 10.3. The molecule has 2 rings (SSSR count). The molecule has 1 saturated carbocycles. The molecule has 2 heteroatoms. The highest BCUT2D eigenvalue weighted by atomic mass is 16.5. The number of hydrogen-bond acceptors (Lipinski definition) is 2. The quantitative estimate of drug-likeness (QED) is 0.753. The second-order valence-corrected chi connectivity index (χ2v) is 5.32. The second-order valence-electron chi connectivity index (χ2n) is 5.32. The maximum absolute atomic E-state index is 5.88. The van der Waals surface area contributed by atoms with Gasteiger partial charge in [0.1, 0.15) is 5.75 Å². The molecule has 0 bridgehead atoms. The van der Waals surface area contributed by atoms with Gasteiger partial charge in [0.2, 0.25) is 0 Å². The van der Waals surface area contributed by atoms with E-state index in [4.69, 9.17) is 10.5 Å². The molecule has 1 aliphatic carbocycles. The summed E-state index contributed by atoms with van der Waals surface area (Å²) in [6.07, 6.45) is 2.78. The maximum Gasteiger partial charge on any atom is 0.125 e. The van der Waals surface area contributed by atoms with Gasteiger partial charge in [0.15, 0.2) is 0 Å². The van der Waals surface area contributed by atoms with E-state index in [9.17, 15) is 0 Å². The third kappa shape index (κ3) is 2.44. The van der Waals surface area contributed by atoms with Gasteiger partial charge in [-0.1, -0.05) is 26.8 Å². The lowest BCUT2D eigenvalue weighted by molar-refractivity contribution is 0.295. The van der Waals surface area contributed by atoms with E-state index in [0.717, 1.165) is 11.4 Å². The van der Waals surface area contributed by atoms with Crippen molar-refractivity contribution in [2.24, 2.45) is 0 Å². The molecule has 0 spiro atoms. The predicted octanol–water partition coefficient (Wildman–Crippen LogP) is 3.11. The Kier molecular flexibility index (Phi) is 2.37. The summed E-state index contributed by atoms with van der Waals surface area (Å²) in [6, 6.07) is 5.96. The summed E-state index contributed by atoms with van der Waals surface area (Å²) in [5, 5.41) is 0. The minimum atomic E-state index is 0.109. The summed E-state index contributed by atoms with van der Waals surface area (Å²) in [5.74, 6) is 0.963. The highest BCUT2D eigenvalue weighted by molar-refractivity contribution is 5.50. The Morgan fingerprint density at radius 1 is 1.27 bits per heavy atom. The van der Waals surface area contributed by atoms with Crippen LogP contribution in [0.5, 0.6) is 5.75 Å². The summed E-state index contributed by atoms with van der Waals surface area (Å²) in [7, 11) is 0. The Labute approximate surface area is 91.4 Å². The zero-order valence-electron chi connectivity index (χ0n) is 9.71. The molecule has 0 atom stereocenters. The van der Waals surface area contributed by atoms with E-state index in [0.29, 0.717) is 6.10 Å². The first-order chi connectivity index (χ1) is 6.97. The summed E-state index contributed by atoms with van der Waals surface area (Å²) >= 11 is 0. The molecular weight excluding hydrogens is 186 g/mol. The van der Waals surface area contributed by atoms with Crippen molar-refractivity contribution in [3.63, 3.8) is 0 Å². The number of ether oxygens (including phenoxy) is 1. The normalized spacial score (nSPS) is 16.5. The van der Waals surface area contributed by atoms with Crippen molar-refractivity contribution in [2.45, 2.75) is 45.1 Å². The average Bonchev–Trinajstić information content (AvgIpc) is 2.85. The van der Waals surface area contributed by atoms with Crippen molar-refractivity contribution < 1.29 is 4.74 Å². The third-order valence-electron chi connectivity index (χ3n) is 2.63.